The van der Waals surface area contributed by atoms with E-state index in [0.717, 1.165) is 24.5 Å². The van der Waals surface area contributed by atoms with Gasteiger partial charge in [0.2, 0.25) is 0 Å². The summed E-state index contributed by atoms with van der Waals surface area (Å²) >= 11 is 0. The summed E-state index contributed by atoms with van der Waals surface area (Å²) in [5, 5.41) is 0. The van der Waals surface area contributed by atoms with Gasteiger partial charge in [0, 0.05) is 32.3 Å². The van der Waals surface area contributed by atoms with Crippen LogP contribution in [0.4, 0.5) is 0 Å². The fourth-order valence-electron chi connectivity index (χ4n) is 1.52. The van der Waals surface area contributed by atoms with E-state index in [1.165, 1.54) is 5.56 Å². The Balaban J connectivity index is 0.000000321. The van der Waals surface area contributed by atoms with Gasteiger partial charge in [-0.3, -0.25) is 0 Å². The molecule has 2 aromatic carbocycles. The maximum Gasteiger partial charge on any atom is 0.0686 e. The van der Waals surface area contributed by atoms with E-state index in [9.17, 15) is 0 Å². The van der Waals surface area contributed by atoms with Crippen molar-refractivity contribution < 1.29 is 29.0 Å². The zero-order chi connectivity index (χ0) is 12.5. The summed E-state index contributed by atoms with van der Waals surface area (Å²) in [6, 6.07) is 13.9. The standard InChI is InChI=1S/C9H13O.C6H7O.Ru/c1-3-8-6-5-7-9(8)10-4-2;1-7-6-4-2-3-5-6;/h5-7H,3-4H2,1-2H3;2-5H,1H3;/q-1;-5;. The minimum Gasteiger partial charge on any atom is -0.745 e. The maximum atomic E-state index is 5.37. The molecule has 2 rings (SSSR count). The van der Waals surface area contributed by atoms with E-state index < -0.39 is 0 Å². The molecule has 0 saturated heterocycles. The van der Waals surface area contributed by atoms with E-state index in [-0.39, 0.29) is 19.5 Å². The Morgan fingerprint density at radius 1 is 1.22 bits per heavy atom. The Bertz CT molecular complexity index is 390. The fourth-order valence-corrected chi connectivity index (χ4v) is 1.52. The monoisotopic (exact) mass is 334 g/mol. The van der Waals surface area contributed by atoms with Crippen LogP contribution in [0.5, 0.6) is 11.5 Å². The van der Waals surface area contributed by atoms with Gasteiger partial charge in [-0.15, -0.1) is 11.6 Å². The van der Waals surface area contributed by atoms with E-state index in [4.69, 9.17) is 9.47 Å². The van der Waals surface area contributed by atoms with Crippen LogP contribution in [0.1, 0.15) is 19.4 Å². The minimum atomic E-state index is 0. The smallest absolute Gasteiger partial charge is 0.0686 e. The van der Waals surface area contributed by atoms with E-state index in [1.807, 2.05) is 43.3 Å². The summed E-state index contributed by atoms with van der Waals surface area (Å²) in [6.45, 7) is 4.90. The third kappa shape index (κ3) is 5.51. The summed E-state index contributed by atoms with van der Waals surface area (Å²) in [7, 11) is 1.66. The Labute approximate surface area is 122 Å². The molecule has 0 aliphatic carbocycles. The number of rotatable bonds is 4. The largest absolute Gasteiger partial charge is 0.745 e. The normalized spacial score (nSPS) is 8.83. The molecule has 0 spiro atoms. The first-order valence-corrected chi connectivity index (χ1v) is 5.94. The quantitative estimate of drug-likeness (QED) is 0.626. The van der Waals surface area contributed by atoms with Crippen LogP contribution >= 0.6 is 0 Å². The van der Waals surface area contributed by atoms with Crippen molar-refractivity contribution in [3.8, 4) is 11.5 Å². The van der Waals surface area contributed by atoms with E-state index in [2.05, 4.69) is 13.0 Å². The third-order valence-corrected chi connectivity index (χ3v) is 2.41. The number of methoxy groups -OCH3 is 1. The molecule has 0 N–H and O–H groups in total. The summed E-state index contributed by atoms with van der Waals surface area (Å²) in [6.07, 6.45) is 1.06. The van der Waals surface area contributed by atoms with Crippen molar-refractivity contribution in [2.24, 2.45) is 0 Å². The van der Waals surface area contributed by atoms with E-state index >= 15 is 0 Å². The van der Waals surface area contributed by atoms with Crippen LogP contribution in [0, 0.1) is 0 Å². The predicted octanol–water partition coefficient (Wildman–Crippen LogP) is 3.78. The number of ether oxygens (including phenoxy) is 2. The SMILES string of the molecule is CCO[c-]1cccc1CC.CO[c-]1[cH-][cH-][cH-][cH-]1.[Ru]. The molecule has 0 aliphatic heterocycles. The molecule has 106 valence electrons. The molecular formula is C15H20O2Ru-6. The van der Waals surface area contributed by atoms with Gasteiger partial charge < -0.3 is 39.5 Å². The second-order valence-electron chi connectivity index (χ2n) is 3.53. The van der Waals surface area contributed by atoms with Gasteiger partial charge in [-0.25, -0.2) is 12.1 Å². The van der Waals surface area contributed by atoms with Gasteiger partial charge in [0.25, 0.3) is 0 Å². The zero-order valence-electron chi connectivity index (χ0n) is 11.1. The summed E-state index contributed by atoms with van der Waals surface area (Å²) in [5.74, 6) is 1.98. The van der Waals surface area contributed by atoms with Gasteiger partial charge in [-0.2, -0.15) is 0 Å². The van der Waals surface area contributed by atoms with Crippen LogP contribution in [0.15, 0.2) is 42.5 Å². The van der Waals surface area contributed by atoms with E-state index in [0.29, 0.717) is 0 Å². The van der Waals surface area contributed by atoms with Crippen molar-refractivity contribution in [1.29, 1.82) is 0 Å². The van der Waals surface area contributed by atoms with Crippen molar-refractivity contribution in [1.82, 2.24) is 0 Å². The van der Waals surface area contributed by atoms with Crippen molar-refractivity contribution in [3.63, 3.8) is 0 Å². The minimum absolute atomic E-state index is 0. The van der Waals surface area contributed by atoms with Crippen molar-refractivity contribution in [2.75, 3.05) is 13.7 Å². The molecule has 0 saturated carbocycles. The Morgan fingerprint density at radius 2 is 1.89 bits per heavy atom. The van der Waals surface area contributed by atoms with Gasteiger partial charge in [0.05, 0.1) is 6.61 Å². The second kappa shape index (κ2) is 9.90. The number of hydrogen-bond acceptors (Lipinski definition) is 2. The molecule has 0 bridgehead atoms. The van der Waals surface area contributed by atoms with Crippen LogP contribution in [0.25, 0.3) is 0 Å². The molecule has 0 fully saturated rings. The molecule has 18 heavy (non-hydrogen) atoms. The van der Waals surface area contributed by atoms with Crippen molar-refractivity contribution in [2.45, 2.75) is 20.3 Å². The fraction of sp³-hybridized carbons (Fsp3) is 0.333. The molecular weight excluding hydrogens is 313 g/mol. The molecule has 0 radical (unpaired) electrons. The Morgan fingerprint density at radius 3 is 2.33 bits per heavy atom. The van der Waals surface area contributed by atoms with Gasteiger partial charge in [-0.05, 0) is 6.92 Å². The molecule has 0 amide bonds. The van der Waals surface area contributed by atoms with Gasteiger partial charge in [-0.1, -0.05) is 13.3 Å². The average Bonchev–Trinajstić information content (AvgIpc) is 3.00. The first kappa shape index (κ1) is 16.9. The topological polar surface area (TPSA) is 18.5 Å². The molecule has 2 aromatic rings. The average molecular weight is 333 g/mol. The van der Waals surface area contributed by atoms with Gasteiger partial charge >= 0.3 is 0 Å². The molecule has 0 heterocycles. The van der Waals surface area contributed by atoms with Crippen molar-refractivity contribution in [3.05, 3.63) is 48.0 Å². The molecule has 3 heteroatoms. The maximum absolute atomic E-state index is 5.37. The van der Waals surface area contributed by atoms with Crippen molar-refractivity contribution >= 4 is 0 Å². The van der Waals surface area contributed by atoms with Gasteiger partial charge in [0.15, 0.2) is 0 Å². The van der Waals surface area contributed by atoms with Crippen LogP contribution in [-0.2, 0) is 25.9 Å². The zero-order valence-corrected chi connectivity index (χ0v) is 12.9. The molecule has 0 atom stereocenters. The molecule has 2 nitrogen and oxygen atoms in total. The van der Waals surface area contributed by atoms with Crippen LogP contribution in [-0.4, -0.2) is 13.7 Å². The number of aryl methyl sites for hydroxylation is 1. The molecule has 0 aliphatic rings. The van der Waals surface area contributed by atoms with E-state index in [1.54, 1.807) is 7.11 Å². The summed E-state index contributed by atoms with van der Waals surface area (Å²) in [4.78, 5) is 0. The first-order chi connectivity index (χ1) is 8.31. The van der Waals surface area contributed by atoms with Crippen LogP contribution < -0.4 is 9.47 Å². The molecule has 0 aromatic heterocycles. The first-order valence-electron chi connectivity index (χ1n) is 5.94. The summed E-state index contributed by atoms with van der Waals surface area (Å²) < 4.78 is 10.2. The van der Waals surface area contributed by atoms with Crippen LogP contribution in [0.3, 0.4) is 0 Å². The van der Waals surface area contributed by atoms with Gasteiger partial charge in [0.1, 0.15) is 0 Å². The molecule has 0 unspecified atom stereocenters. The number of hydrogen-bond donors (Lipinski definition) is 0. The second-order valence-corrected chi connectivity index (χ2v) is 3.53. The van der Waals surface area contributed by atoms with Crippen LogP contribution in [0.2, 0.25) is 0 Å². The predicted molar refractivity (Wildman–Crippen MR) is 71.2 cm³/mol. The Kier molecular flexibility index (Phi) is 9.31. The summed E-state index contributed by atoms with van der Waals surface area (Å²) in [5.41, 5.74) is 1.31. The third-order valence-electron chi connectivity index (χ3n) is 2.41. The Hall–Kier alpha value is -1.08.